The number of carbonyl (C=O) groups is 1. The van der Waals surface area contributed by atoms with E-state index < -0.39 is 0 Å². The number of aromatic amines is 1. The van der Waals surface area contributed by atoms with Gasteiger partial charge in [0.2, 0.25) is 5.91 Å². The minimum Gasteiger partial charge on any atom is -0.367 e. The van der Waals surface area contributed by atoms with E-state index in [1.807, 2.05) is 19.4 Å². The van der Waals surface area contributed by atoms with Crippen LogP contribution in [-0.4, -0.2) is 31.0 Å². The summed E-state index contributed by atoms with van der Waals surface area (Å²) in [5, 5.41) is 6.17. The van der Waals surface area contributed by atoms with Gasteiger partial charge in [-0.15, -0.1) is 0 Å². The Morgan fingerprint density at radius 2 is 2.11 bits per heavy atom. The molecule has 108 valence electrons. The van der Waals surface area contributed by atoms with Gasteiger partial charge < -0.3 is 15.6 Å². The average Bonchev–Trinajstić information content (AvgIpc) is 2.87. The third-order valence-corrected chi connectivity index (χ3v) is 3.65. The van der Waals surface area contributed by atoms with Crippen LogP contribution in [-0.2, 0) is 10.2 Å². The number of carbonyl (C=O) groups excluding carboxylic acids is 1. The Kier molecular flexibility index (Phi) is 5.60. The summed E-state index contributed by atoms with van der Waals surface area (Å²) in [7, 11) is 1.88. The molecule has 1 aromatic heterocycles. The van der Waals surface area contributed by atoms with Gasteiger partial charge in [-0.1, -0.05) is 27.7 Å². The van der Waals surface area contributed by atoms with E-state index in [9.17, 15) is 4.79 Å². The molecule has 0 fully saturated rings. The van der Waals surface area contributed by atoms with Crippen molar-refractivity contribution in [3.05, 3.63) is 24.0 Å². The SMILES string of the molecule is CNCC(C(=O)NCC(C)(C)c1cc[nH]c1)C(C)C. The molecule has 1 unspecified atom stereocenters. The fourth-order valence-electron chi connectivity index (χ4n) is 2.14. The molecule has 0 spiro atoms. The van der Waals surface area contributed by atoms with E-state index in [-0.39, 0.29) is 17.2 Å². The lowest BCUT2D eigenvalue weighted by atomic mass is 9.86. The molecule has 0 aromatic carbocycles. The molecule has 1 aromatic rings. The van der Waals surface area contributed by atoms with Gasteiger partial charge in [-0.25, -0.2) is 0 Å². The summed E-state index contributed by atoms with van der Waals surface area (Å²) >= 11 is 0. The third kappa shape index (κ3) is 4.39. The Morgan fingerprint density at radius 1 is 1.42 bits per heavy atom. The van der Waals surface area contributed by atoms with Crippen LogP contribution in [0.25, 0.3) is 0 Å². The van der Waals surface area contributed by atoms with E-state index in [0.29, 0.717) is 19.0 Å². The van der Waals surface area contributed by atoms with Gasteiger partial charge in [-0.3, -0.25) is 4.79 Å². The minimum atomic E-state index is -0.0587. The van der Waals surface area contributed by atoms with E-state index in [1.54, 1.807) is 0 Å². The van der Waals surface area contributed by atoms with Crippen molar-refractivity contribution < 1.29 is 4.79 Å². The van der Waals surface area contributed by atoms with Crippen LogP contribution in [0.1, 0.15) is 33.3 Å². The largest absolute Gasteiger partial charge is 0.367 e. The maximum atomic E-state index is 12.2. The topological polar surface area (TPSA) is 56.9 Å². The standard InChI is InChI=1S/C15H27N3O/c1-11(2)13(9-16-5)14(19)18-10-15(3,4)12-6-7-17-8-12/h6-8,11,13,16-17H,9-10H2,1-5H3,(H,18,19). The molecule has 0 saturated heterocycles. The number of rotatable bonds is 7. The molecule has 0 radical (unpaired) electrons. The van der Waals surface area contributed by atoms with Crippen molar-refractivity contribution in [1.29, 1.82) is 0 Å². The maximum absolute atomic E-state index is 12.2. The van der Waals surface area contributed by atoms with Crippen molar-refractivity contribution in [2.24, 2.45) is 11.8 Å². The molecule has 3 N–H and O–H groups in total. The number of amides is 1. The van der Waals surface area contributed by atoms with E-state index in [2.05, 4.69) is 49.4 Å². The molecular formula is C15H27N3O. The van der Waals surface area contributed by atoms with Crippen molar-refractivity contribution in [3.63, 3.8) is 0 Å². The van der Waals surface area contributed by atoms with Crippen molar-refractivity contribution in [1.82, 2.24) is 15.6 Å². The number of nitrogens with one attached hydrogen (secondary N) is 3. The second kappa shape index (κ2) is 6.75. The minimum absolute atomic E-state index is 0.0204. The normalized spacial score (nSPS) is 13.6. The van der Waals surface area contributed by atoms with E-state index in [0.717, 1.165) is 0 Å². The van der Waals surface area contributed by atoms with Gasteiger partial charge in [0.25, 0.3) is 0 Å². The van der Waals surface area contributed by atoms with E-state index in [4.69, 9.17) is 0 Å². The monoisotopic (exact) mass is 265 g/mol. The quantitative estimate of drug-likeness (QED) is 0.705. The molecule has 0 aliphatic carbocycles. The van der Waals surface area contributed by atoms with Gasteiger partial charge in [0.15, 0.2) is 0 Å². The number of aromatic nitrogens is 1. The fourth-order valence-corrected chi connectivity index (χ4v) is 2.14. The fraction of sp³-hybridized carbons (Fsp3) is 0.667. The molecule has 4 heteroatoms. The molecule has 1 rings (SSSR count). The molecular weight excluding hydrogens is 238 g/mol. The van der Waals surface area contributed by atoms with Crippen LogP contribution in [0.5, 0.6) is 0 Å². The summed E-state index contributed by atoms with van der Waals surface area (Å²) in [6, 6.07) is 2.06. The van der Waals surface area contributed by atoms with Gasteiger partial charge in [0.05, 0.1) is 5.92 Å². The highest BCUT2D eigenvalue weighted by Crippen LogP contribution is 2.21. The molecule has 1 atom stereocenters. The molecule has 0 aliphatic rings. The first kappa shape index (κ1) is 15.8. The Morgan fingerprint density at radius 3 is 2.58 bits per heavy atom. The van der Waals surface area contributed by atoms with Crippen LogP contribution in [0.3, 0.4) is 0 Å². The van der Waals surface area contributed by atoms with Crippen LogP contribution >= 0.6 is 0 Å². The lowest BCUT2D eigenvalue weighted by Crippen LogP contribution is -2.43. The predicted molar refractivity (Wildman–Crippen MR) is 79.1 cm³/mol. The summed E-state index contributed by atoms with van der Waals surface area (Å²) in [5.41, 5.74) is 1.15. The highest BCUT2D eigenvalue weighted by Gasteiger charge is 2.25. The molecule has 0 bridgehead atoms. The number of hydrogen-bond donors (Lipinski definition) is 3. The second-order valence-corrected chi connectivity index (χ2v) is 6.11. The summed E-state index contributed by atoms with van der Waals surface area (Å²) in [5.74, 6) is 0.489. The van der Waals surface area contributed by atoms with Crippen molar-refractivity contribution in [3.8, 4) is 0 Å². The molecule has 1 amide bonds. The summed E-state index contributed by atoms with van der Waals surface area (Å²) in [4.78, 5) is 15.3. The number of hydrogen-bond acceptors (Lipinski definition) is 2. The first-order valence-corrected chi connectivity index (χ1v) is 6.94. The van der Waals surface area contributed by atoms with Gasteiger partial charge in [-0.05, 0) is 24.6 Å². The lowest BCUT2D eigenvalue weighted by molar-refractivity contribution is -0.126. The Labute approximate surface area is 116 Å². The summed E-state index contributed by atoms with van der Waals surface area (Å²) in [6.45, 7) is 9.81. The zero-order chi connectivity index (χ0) is 14.5. The molecule has 4 nitrogen and oxygen atoms in total. The third-order valence-electron chi connectivity index (χ3n) is 3.65. The Hall–Kier alpha value is -1.29. The zero-order valence-electron chi connectivity index (χ0n) is 12.7. The zero-order valence-corrected chi connectivity index (χ0v) is 12.7. The summed E-state index contributed by atoms with van der Waals surface area (Å²) in [6.07, 6.45) is 3.90. The van der Waals surface area contributed by atoms with Gasteiger partial charge in [0.1, 0.15) is 0 Å². The maximum Gasteiger partial charge on any atom is 0.224 e. The van der Waals surface area contributed by atoms with Crippen LogP contribution in [0.2, 0.25) is 0 Å². The predicted octanol–water partition coefficient (Wildman–Crippen LogP) is 1.90. The van der Waals surface area contributed by atoms with E-state index in [1.165, 1.54) is 5.56 Å². The smallest absolute Gasteiger partial charge is 0.224 e. The van der Waals surface area contributed by atoms with Gasteiger partial charge >= 0.3 is 0 Å². The van der Waals surface area contributed by atoms with Crippen LogP contribution < -0.4 is 10.6 Å². The van der Waals surface area contributed by atoms with Crippen LogP contribution in [0, 0.1) is 11.8 Å². The first-order valence-electron chi connectivity index (χ1n) is 6.94. The Bertz CT molecular complexity index is 382. The van der Waals surface area contributed by atoms with Crippen molar-refractivity contribution >= 4 is 5.91 Å². The summed E-state index contributed by atoms with van der Waals surface area (Å²) < 4.78 is 0. The van der Waals surface area contributed by atoms with Crippen molar-refractivity contribution in [2.75, 3.05) is 20.1 Å². The highest BCUT2D eigenvalue weighted by molar-refractivity contribution is 5.79. The second-order valence-electron chi connectivity index (χ2n) is 6.11. The van der Waals surface area contributed by atoms with Gasteiger partial charge in [0, 0.05) is 30.9 Å². The van der Waals surface area contributed by atoms with Crippen molar-refractivity contribution in [2.45, 2.75) is 33.1 Å². The highest BCUT2D eigenvalue weighted by atomic mass is 16.1. The molecule has 0 aliphatic heterocycles. The molecule has 19 heavy (non-hydrogen) atoms. The van der Waals surface area contributed by atoms with Crippen LogP contribution in [0.4, 0.5) is 0 Å². The van der Waals surface area contributed by atoms with E-state index >= 15 is 0 Å². The first-order chi connectivity index (χ1) is 8.88. The Balaban J connectivity index is 2.58. The van der Waals surface area contributed by atoms with Gasteiger partial charge in [-0.2, -0.15) is 0 Å². The lowest BCUT2D eigenvalue weighted by Gasteiger charge is -2.27. The van der Waals surface area contributed by atoms with Crippen LogP contribution in [0.15, 0.2) is 18.5 Å². The molecule has 0 saturated carbocycles. The number of H-pyrrole nitrogens is 1. The molecule has 1 heterocycles. The average molecular weight is 265 g/mol.